The molecule has 1 fully saturated rings. The second-order valence-corrected chi connectivity index (χ2v) is 6.76. The van der Waals surface area contributed by atoms with Gasteiger partial charge in [0, 0.05) is 26.2 Å². The smallest absolute Gasteiger partial charge is 0.244 e. The summed E-state index contributed by atoms with van der Waals surface area (Å²) in [6.45, 7) is 3.49. The average molecular weight is 304 g/mol. The van der Waals surface area contributed by atoms with Gasteiger partial charge in [-0.3, -0.25) is 4.90 Å². The Kier molecular flexibility index (Phi) is 4.59. The molecule has 21 heavy (non-hydrogen) atoms. The molecule has 1 saturated heterocycles. The Morgan fingerprint density at radius 3 is 2.33 bits per heavy atom. The van der Waals surface area contributed by atoms with Gasteiger partial charge in [-0.1, -0.05) is 12.1 Å². The summed E-state index contributed by atoms with van der Waals surface area (Å²) < 4.78 is 26.6. The van der Waals surface area contributed by atoms with Crippen LogP contribution in [0, 0.1) is 22.7 Å². The van der Waals surface area contributed by atoms with Crippen molar-refractivity contribution in [3.8, 4) is 12.1 Å². The predicted molar refractivity (Wildman–Crippen MR) is 76.6 cm³/mol. The molecule has 1 unspecified atom stereocenters. The maximum absolute atomic E-state index is 12.6. The molecule has 1 aliphatic heterocycles. The lowest BCUT2D eigenvalue weighted by Crippen LogP contribution is -2.51. The lowest BCUT2D eigenvalue weighted by molar-refractivity contribution is 0.169. The van der Waals surface area contributed by atoms with E-state index in [0.29, 0.717) is 26.2 Å². The number of rotatable bonds is 3. The van der Waals surface area contributed by atoms with Crippen molar-refractivity contribution in [3.63, 3.8) is 0 Å². The minimum absolute atomic E-state index is 0.0503. The molecule has 1 aromatic rings. The molecule has 1 aromatic carbocycles. The number of benzene rings is 1. The Hall–Kier alpha value is -1.93. The number of piperazine rings is 1. The van der Waals surface area contributed by atoms with Crippen molar-refractivity contribution in [2.45, 2.75) is 17.9 Å². The molecule has 0 aromatic heterocycles. The highest BCUT2D eigenvalue weighted by molar-refractivity contribution is 7.89. The van der Waals surface area contributed by atoms with Gasteiger partial charge in [0.15, 0.2) is 0 Å². The van der Waals surface area contributed by atoms with Gasteiger partial charge in [0.2, 0.25) is 10.0 Å². The average Bonchev–Trinajstić information content (AvgIpc) is 2.54. The van der Waals surface area contributed by atoms with Gasteiger partial charge in [-0.05, 0) is 19.1 Å². The zero-order chi connectivity index (χ0) is 15.5. The number of nitrogens with zero attached hydrogens (tertiary/aromatic N) is 4. The molecule has 1 aliphatic rings. The third-order valence-corrected chi connectivity index (χ3v) is 5.59. The van der Waals surface area contributed by atoms with Gasteiger partial charge in [0.1, 0.15) is 6.07 Å². The van der Waals surface area contributed by atoms with E-state index in [0.717, 1.165) is 0 Å². The van der Waals surface area contributed by atoms with Crippen LogP contribution in [0.3, 0.4) is 0 Å². The van der Waals surface area contributed by atoms with Crippen molar-refractivity contribution >= 4 is 10.0 Å². The molecule has 0 saturated carbocycles. The van der Waals surface area contributed by atoms with Gasteiger partial charge in [-0.2, -0.15) is 14.8 Å². The van der Waals surface area contributed by atoms with E-state index in [1.807, 2.05) is 11.0 Å². The maximum atomic E-state index is 12.6. The first-order chi connectivity index (χ1) is 10.0. The summed E-state index contributed by atoms with van der Waals surface area (Å²) in [6.07, 6.45) is 0. The minimum Gasteiger partial charge on any atom is -0.286 e. The Balaban J connectivity index is 2.20. The fourth-order valence-electron chi connectivity index (χ4n) is 2.34. The molecule has 0 spiro atoms. The Bertz CT molecular complexity index is 694. The van der Waals surface area contributed by atoms with E-state index in [9.17, 15) is 8.42 Å². The number of nitriles is 2. The first kappa shape index (κ1) is 15.5. The Labute approximate surface area is 124 Å². The van der Waals surface area contributed by atoms with Crippen LogP contribution in [-0.4, -0.2) is 49.8 Å². The first-order valence-electron chi connectivity index (χ1n) is 6.63. The molecule has 6 nitrogen and oxygen atoms in total. The standard InChI is InChI=1S/C14H16N4O2S/c1-12(10-15)17-6-8-18(9-7-17)21(19,20)14-5-3-2-4-13(14)11-16/h2-5,12H,6-9H2,1H3. The molecule has 110 valence electrons. The lowest BCUT2D eigenvalue weighted by atomic mass is 10.2. The van der Waals surface area contributed by atoms with Crippen molar-refractivity contribution in [1.82, 2.24) is 9.21 Å². The fraction of sp³-hybridized carbons (Fsp3) is 0.429. The SMILES string of the molecule is CC(C#N)N1CCN(S(=O)(=O)c2ccccc2C#N)CC1. The molecular formula is C14H16N4O2S. The summed E-state index contributed by atoms with van der Waals surface area (Å²) in [5, 5.41) is 17.9. The predicted octanol–water partition coefficient (Wildman–Crippen LogP) is 0.777. The van der Waals surface area contributed by atoms with Crippen LogP contribution >= 0.6 is 0 Å². The topological polar surface area (TPSA) is 88.2 Å². The molecule has 1 heterocycles. The lowest BCUT2D eigenvalue weighted by Gasteiger charge is -2.35. The van der Waals surface area contributed by atoms with Crippen LogP contribution in [0.15, 0.2) is 29.2 Å². The summed E-state index contributed by atoms with van der Waals surface area (Å²) >= 11 is 0. The van der Waals surface area contributed by atoms with Crippen molar-refractivity contribution in [2.75, 3.05) is 26.2 Å². The third-order valence-electron chi connectivity index (χ3n) is 3.63. The monoisotopic (exact) mass is 304 g/mol. The quantitative estimate of drug-likeness (QED) is 0.823. The van der Waals surface area contributed by atoms with E-state index in [2.05, 4.69) is 6.07 Å². The van der Waals surface area contributed by atoms with Gasteiger partial charge in [0.25, 0.3) is 0 Å². The number of sulfonamides is 1. The molecule has 0 N–H and O–H groups in total. The maximum Gasteiger partial charge on any atom is 0.244 e. The minimum atomic E-state index is -3.66. The van der Waals surface area contributed by atoms with E-state index in [-0.39, 0.29) is 16.5 Å². The highest BCUT2D eigenvalue weighted by atomic mass is 32.2. The molecule has 1 atom stereocenters. The fourth-order valence-corrected chi connectivity index (χ4v) is 3.90. The van der Waals surface area contributed by atoms with E-state index >= 15 is 0 Å². The number of hydrogen-bond donors (Lipinski definition) is 0. The summed E-state index contributed by atoms with van der Waals surface area (Å²) in [7, 11) is -3.66. The second kappa shape index (κ2) is 6.23. The van der Waals surface area contributed by atoms with E-state index < -0.39 is 10.0 Å². The molecule has 0 aliphatic carbocycles. The Morgan fingerprint density at radius 2 is 1.76 bits per heavy atom. The van der Waals surface area contributed by atoms with E-state index in [4.69, 9.17) is 10.5 Å². The summed E-state index contributed by atoms with van der Waals surface area (Å²) in [5.41, 5.74) is 0.158. The molecule has 7 heteroatoms. The number of hydrogen-bond acceptors (Lipinski definition) is 5. The van der Waals surface area contributed by atoms with Crippen LogP contribution < -0.4 is 0 Å². The van der Waals surface area contributed by atoms with Gasteiger partial charge in [0.05, 0.1) is 22.6 Å². The van der Waals surface area contributed by atoms with Gasteiger partial charge in [-0.25, -0.2) is 8.42 Å². The van der Waals surface area contributed by atoms with Crippen molar-refractivity contribution < 1.29 is 8.42 Å². The third kappa shape index (κ3) is 3.06. The second-order valence-electron chi connectivity index (χ2n) is 4.85. The zero-order valence-corrected chi connectivity index (χ0v) is 12.5. The van der Waals surface area contributed by atoms with Crippen molar-refractivity contribution in [2.24, 2.45) is 0 Å². The highest BCUT2D eigenvalue weighted by Crippen LogP contribution is 2.21. The van der Waals surface area contributed by atoms with Crippen molar-refractivity contribution in [1.29, 1.82) is 10.5 Å². The normalized spacial score (nSPS) is 18.6. The molecule has 2 rings (SSSR count). The largest absolute Gasteiger partial charge is 0.286 e. The van der Waals surface area contributed by atoms with Gasteiger partial charge in [-0.15, -0.1) is 0 Å². The summed E-state index contributed by atoms with van der Waals surface area (Å²) in [5.74, 6) is 0. The first-order valence-corrected chi connectivity index (χ1v) is 8.07. The zero-order valence-electron chi connectivity index (χ0n) is 11.7. The van der Waals surface area contributed by atoms with E-state index in [1.54, 1.807) is 19.1 Å². The molecule has 0 radical (unpaired) electrons. The van der Waals surface area contributed by atoms with Crippen LogP contribution in [0.1, 0.15) is 12.5 Å². The highest BCUT2D eigenvalue weighted by Gasteiger charge is 2.31. The van der Waals surface area contributed by atoms with Crippen LogP contribution in [0.4, 0.5) is 0 Å². The molecular weight excluding hydrogens is 288 g/mol. The van der Waals surface area contributed by atoms with Crippen LogP contribution in [-0.2, 0) is 10.0 Å². The van der Waals surface area contributed by atoms with Gasteiger partial charge >= 0.3 is 0 Å². The van der Waals surface area contributed by atoms with E-state index in [1.165, 1.54) is 16.4 Å². The Morgan fingerprint density at radius 1 is 1.14 bits per heavy atom. The van der Waals surface area contributed by atoms with Crippen LogP contribution in [0.2, 0.25) is 0 Å². The molecule has 0 bridgehead atoms. The summed E-state index contributed by atoms with van der Waals surface area (Å²) in [6, 6.07) is 10.1. The van der Waals surface area contributed by atoms with Crippen LogP contribution in [0.25, 0.3) is 0 Å². The molecule has 0 amide bonds. The van der Waals surface area contributed by atoms with Crippen LogP contribution in [0.5, 0.6) is 0 Å². The summed E-state index contributed by atoms with van der Waals surface area (Å²) in [4.78, 5) is 2.00. The van der Waals surface area contributed by atoms with Crippen molar-refractivity contribution in [3.05, 3.63) is 29.8 Å². The van der Waals surface area contributed by atoms with Gasteiger partial charge < -0.3 is 0 Å².